The smallest absolute Gasteiger partial charge is 0.0353 e. The summed E-state index contributed by atoms with van der Waals surface area (Å²) in [6.07, 6.45) is 5.00. The lowest BCUT2D eigenvalue weighted by Crippen LogP contribution is -2.59. The Labute approximate surface area is 107 Å². The lowest BCUT2D eigenvalue weighted by Gasteiger charge is -2.48. The van der Waals surface area contributed by atoms with Crippen molar-refractivity contribution in [2.24, 2.45) is 5.73 Å². The molecule has 1 aliphatic heterocycles. The van der Waals surface area contributed by atoms with E-state index >= 15 is 0 Å². The molecule has 0 radical (unpaired) electrons. The average Bonchev–Trinajstić information content (AvgIpc) is 2.35. The summed E-state index contributed by atoms with van der Waals surface area (Å²) in [6.45, 7) is 11.2. The molecule has 0 spiro atoms. The molecule has 0 aromatic rings. The Morgan fingerprint density at radius 3 is 2.29 bits per heavy atom. The zero-order valence-corrected chi connectivity index (χ0v) is 12.2. The number of likely N-dealkylation sites (N-methyl/N-ethyl adjacent to an activating group) is 1. The molecule has 0 aliphatic carbocycles. The highest BCUT2D eigenvalue weighted by Gasteiger charge is 2.36. The third kappa shape index (κ3) is 3.67. The van der Waals surface area contributed by atoms with E-state index in [0.29, 0.717) is 6.04 Å². The quantitative estimate of drug-likeness (QED) is 0.771. The van der Waals surface area contributed by atoms with Gasteiger partial charge in [-0.2, -0.15) is 0 Å². The van der Waals surface area contributed by atoms with E-state index in [-0.39, 0.29) is 5.54 Å². The summed E-state index contributed by atoms with van der Waals surface area (Å²) in [5, 5.41) is 0. The van der Waals surface area contributed by atoms with Crippen LogP contribution in [0.3, 0.4) is 0 Å². The van der Waals surface area contributed by atoms with E-state index in [2.05, 4.69) is 37.6 Å². The molecule has 1 fully saturated rings. The van der Waals surface area contributed by atoms with Crippen LogP contribution >= 0.6 is 0 Å². The first-order valence-corrected chi connectivity index (χ1v) is 7.21. The fourth-order valence-electron chi connectivity index (χ4n) is 2.83. The average molecular weight is 241 g/mol. The van der Waals surface area contributed by atoms with Gasteiger partial charge < -0.3 is 10.6 Å². The molecule has 102 valence electrons. The number of rotatable bonds is 6. The van der Waals surface area contributed by atoms with Crippen LogP contribution in [0.2, 0.25) is 0 Å². The van der Waals surface area contributed by atoms with Crippen LogP contribution in [-0.4, -0.2) is 54.6 Å². The van der Waals surface area contributed by atoms with Crippen LogP contribution in [0.25, 0.3) is 0 Å². The lowest BCUT2D eigenvalue weighted by atomic mass is 9.85. The molecule has 2 N–H and O–H groups in total. The number of likely N-dealkylation sites (tertiary alicyclic amines) is 1. The van der Waals surface area contributed by atoms with E-state index in [1.807, 2.05) is 0 Å². The SMILES string of the molecule is CCCCN(C)C1(CN)CCN(C(C)C)CC1. The minimum atomic E-state index is 0.264. The van der Waals surface area contributed by atoms with Gasteiger partial charge in [0, 0.05) is 31.2 Å². The van der Waals surface area contributed by atoms with Crippen molar-refractivity contribution >= 4 is 0 Å². The van der Waals surface area contributed by atoms with Crippen molar-refractivity contribution in [1.29, 1.82) is 0 Å². The third-order valence-electron chi connectivity index (χ3n) is 4.50. The molecule has 1 aliphatic rings. The van der Waals surface area contributed by atoms with Crippen molar-refractivity contribution in [2.45, 2.75) is 58.0 Å². The van der Waals surface area contributed by atoms with Crippen LogP contribution in [0.1, 0.15) is 46.5 Å². The van der Waals surface area contributed by atoms with Crippen molar-refractivity contribution in [3.05, 3.63) is 0 Å². The molecule has 0 atom stereocenters. The van der Waals surface area contributed by atoms with Gasteiger partial charge in [-0.15, -0.1) is 0 Å². The normalized spacial score (nSPS) is 21.4. The molecule has 17 heavy (non-hydrogen) atoms. The van der Waals surface area contributed by atoms with E-state index < -0.39 is 0 Å². The summed E-state index contributed by atoms with van der Waals surface area (Å²) in [7, 11) is 2.26. The van der Waals surface area contributed by atoms with E-state index in [9.17, 15) is 0 Å². The second kappa shape index (κ2) is 6.72. The van der Waals surface area contributed by atoms with E-state index in [0.717, 1.165) is 6.54 Å². The van der Waals surface area contributed by atoms with Gasteiger partial charge in [0.1, 0.15) is 0 Å². The highest BCUT2D eigenvalue weighted by atomic mass is 15.2. The first-order valence-electron chi connectivity index (χ1n) is 7.21. The fourth-order valence-corrected chi connectivity index (χ4v) is 2.83. The maximum atomic E-state index is 6.07. The van der Waals surface area contributed by atoms with E-state index in [4.69, 9.17) is 5.73 Å². The molecule has 0 bridgehead atoms. The number of nitrogens with two attached hydrogens (primary N) is 1. The summed E-state index contributed by atoms with van der Waals surface area (Å²) >= 11 is 0. The highest BCUT2D eigenvalue weighted by Crippen LogP contribution is 2.28. The molecular weight excluding hydrogens is 210 g/mol. The first kappa shape index (κ1) is 14.9. The number of unbranched alkanes of at least 4 members (excludes halogenated alkanes) is 1. The van der Waals surface area contributed by atoms with Crippen molar-refractivity contribution in [3.8, 4) is 0 Å². The van der Waals surface area contributed by atoms with Gasteiger partial charge >= 0.3 is 0 Å². The number of nitrogens with zero attached hydrogens (tertiary/aromatic N) is 2. The van der Waals surface area contributed by atoms with Gasteiger partial charge in [0.25, 0.3) is 0 Å². The van der Waals surface area contributed by atoms with Crippen LogP contribution in [0, 0.1) is 0 Å². The summed E-state index contributed by atoms with van der Waals surface area (Å²) in [6, 6.07) is 0.673. The number of hydrogen-bond acceptors (Lipinski definition) is 3. The highest BCUT2D eigenvalue weighted by molar-refractivity contribution is 4.95. The van der Waals surface area contributed by atoms with E-state index in [1.54, 1.807) is 0 Å². The summed E-state index contributed by atoms with van der Waals surface area (Å²) in [5.74, 6) is 0. The Morgan fingerprint density at radius 1 is 1.29 bits per heavy atom. The molecular formula is C14H31N3. The van der Waals surface area contributed by atoms with Crippen LogP contribution in [-0.2, 0) is 0 Å². The van der Waals surface area contributed by atoms with Crippen molar-refractivity contribution in [3.63, 3.8) is 0 Å². The number of hydrogen-bond donors (Lipinski definition) is 1. The maximum absolute atomic E-state index is 6.07. The minimum absolute atomic E-state index is 0.264. The van der Waals surface area contributed by atoms with Crippen LogP contribution in [0.5, 0.6) is 0 Å². The minimum Gasteiger partial charge on any atom is -0.329 e. The van der Waals surface area contributed by atoms with Crippen LogP contribution in [0.4, 0.5) is 0 Å². The Bertz CT molecular complexity index is 208. The molecule has 3 nitrogen and oxygen atoms in total. The predicted octanol–water partition coefficient (Wildman–Crippen LogP) is 1.92. The van der Waals surface area contributed by atoms with Crippen molar-refractivity contribution < 1.29 is 0 Å². The van der Waals surface area contributed by atoms with Crippen LogP contribution in [0.15, 0.2) is 0 Å². The summed E-state index contributed by atoms with van der Waals surface area (Å²) < 4.78 is 0. The Balaban J connectivity index is 2.54. The standard InChI is InChI=1S/C14H31N3/c1-5-6-9-16(4)14(12-15)7-10-17(11-8-14)13(2)3/h13H,5-12,15H2,1-4H3. The fraction of sp³-hybridized carbons (Fsp3) is 1.00. The molecule has 3 heteroatoms. The Hall–Kier alpha value is -0.120. The molecule has 0 saturated carbocycles. The molecule has 1 heterocycles. The topological polar surface area (TPSA) is 32.5 Å². The van der Waals surface area contributed by atoms with E-state index in [1.165, 1.54) is 45.3 Å². The van der Waals surface area contributed by atoms with Gasteiger partial charge in [0.15, 0.2) is 0 Å². The second-order valence-electron chi connectivity index (χ2n) is 5.83. The maximum Gasteiger partial charge on any atom is 0.0353 e. The predicted molar refractivity (Wildman–Crippen MR) is 75.3 cm³/mol. The molecule has 0 aromatic carbocycles. The van der Waals surface area contributed by atoms with Gasteiger partial charge in [-0.25, -0.2) is 0 Å². The zero-order valence-electron chi connectivity index (χ0n) is 12.2. The van der Waals surface area contributed by atoms with Gasteiger partial charge in [-0.05, 0) is 46.7 Å². The second-order valence-corrected chi connectivity index (χ2v) is 5.83. The van der Waals surface area contributed by atoms with Gasteiger partial charge in [0.2, 0.25) is 0 Å². The lowest BCUT2D eigenvalue weighted by molar-refractivity contribution is 0.0338. The third-order valence-corrected chi connectivity index (χ3v) is 4.50. The van der Waals surface area contributed by atoms with Crippen molar-refractivity contribution in [2.75, 3.05) is 33.2 Å². The molecule has 1 rings (SSSR count). The van der Waals surface area contributed by atoms with Crippen molar-refractivity contribution in [1.82, 2.24) is 9.80 Å². The largest absolute Gasteiger partial charge is 0.329 e. The molecule has 1 saturated heterocycles. The summed E-state index contributed by atoms with van der Waals surface area (Å²) in [4.78, 5) is 5.09. The zero-order chi connectivity index (χ0) is 12.9. The monoisotopic (exact) mass is 241 g/mol. The first-order chi connectivity index (χ1) is 8.05. The summed E-state index contributed by atoms with van der Waals surface area (Å²) in [5.41, 5.74) is 6.34. The number of piperidine rings is 1. The van der Waals surface area contributed by atoms with Gasteiger partial charge in [-0.3, -0.25) is 4.90 Å². The Kier molecular flexibility index (Phi) is 5.90. The van der Waals surface area contributed by atoms with Gasteiger partial charge in [-0.1, -0.05) is 13.3 Å². The molecule has 0 amide bonds. The molecule has 0 aromatic heterocycles. The Morgan fingerprint density at radius 2 is 1.88 bits per heavy atom. The van der Waals surface area contributed by atoms with Gasteiger partial charge in [0.05, 0.1) is 0 Å². The van der Waals surface area contributed by atoms with Crippen LogP contribution < -0.4 is 5.73 Å². The molecule has 0 unspecified atom stereocenters.